The summed E-state index contributed by atoms with van der Waals surface area (Å²) in [5.74, 6) is -3.65. The van der Waals surface area contributed by atoms with Crippen molar-refractivity contribution in [2.45, 2.75) is 0 Å². The first-order valence-corrected chi connectivity index (χ1v) is 14.3. The van der Waals surface area contributed by atoms with Gasteiger partial charge in [-0.3, -0.25) is 24.5 Å². The van der Waals surface area contributed by atoms with Crippen LogP contribution in [0.5, 0.6) is 0 Å². The van der Waals surface area contributed by atoms with Crippen molar-refractivity contribution >= 4 is 17.9 Å². The fourth-order valence-electron chi connectivity index (χ4n) is 4.59. The number of ether oxygens (including phenoxy) is 4. The summed E-state index contributed by atoms with van der Waals surface area (Å²) in [5.41, 5.74) is 0. The molecule has 17 nitrogen and oxygen atoms in total. The molecule has 2 heterocycles. The molecule has 1 radical (unpaired) electrons. The zero-order valence-corrected chi connectivity index (χ0v) is 27.7. The number of hydrogen-bond donors (Lipinski definition) is 0. The SMILES string of the molecule is O.O.O=C([O-])CN1CCN(CCN2CCOCCOCCOCCOCC2)CCN(CC(=O)[O-])CCN(CC(=O)[O-])CC1.[Gd+3]. The predicted molar refractivity (Wildman–Crippen MR) is 148 cm³/mol. The first-order chi connectivity index (χ1) is 19.8. The Hall–Kier alpha value is -0.705. The van der Waals surface area contributed by atoms with Crippen LogP contribution in [0.3, 0.4) is 0 Å². The molecule has 0 spiro atoms. The van der Waals surface area contributed by atoms with Crippen LogP contribution in [0, 0.1) is 39.9 Å². The number of hydrogen-bond acceptors (Lipinski definition) is 15. The molecular formula is C26H50GdN5O12. The van der Waals surface area contributed by atoms with Crippen molar-refractivity contribution in [3.05, 3.63) is 0 Å². The Kier molecular flexibility index (Phi) is 29.4. The number of rotatable bonds is 9. The van der Waals surface area contributed by atoms with Crippen molar-refractivity contribution in [3.63, 3.8) is 0 Å². The van der Waals surface area contributed by atoms with Crippen molar-refractivity contribution in [3.8, 4) is 0 Å². The molecule has 2 fully saturated rings. The molecule has 0 bridgehead atoms. The maximum atomic E-state index is 11.4. The van der Waals surface area contributed by atoms with Crippen molar-refractivity contribution < 1.29 is 99.5 Å². The van der Waals surface area contributed by atoms with E-state index in [0.717, 1.165) is 0 Å². The monoisotopic (exact) mass is 782 g/mol. The van der Waals surface area contributed by atoms with Crippen molar-refractivity contribution in [1.29, 1.82) is 0 Å². The molecule has 0 atom stereocenters. The van der Waals surface area contributed by atoms with Gasteiger partial charge in [-0.15, -0.1) is 0 Å². The first-order valence-electron chi connectivity index (χ1n) is 14.3. The molecule has 2 aliphatic rings. The van der Waals surface area contributed by atoms with Crippen molar-refractivity contribution in [2.75, 3.05) is 151 Å². The number of carboxylic acid groups (broad SMARTS) is 3. The van der Waals surface area contributed by atoms with Gasteiger partial charge in [-0.25, -0.2) is 0 Å². The summed E-state index contributed by atoms with van der Waals surface area (Å²) in [6, 6.07) is 0. The van der Waals surface area contributed by atoms with Gasteiger partial charge in [0.2, 0.25) is 0 Å². The predicted octanol–water partition coefficient (Wildman–Crippen LogP) is -7.81. The molecule has 259 valence electrons. The third-order valence-electron chi connectivity index (χ3n) is 6.94. The van der Waals surface area contributed by atoms with Crippen LogP contribution in [0.25, 0.3) is 0 Å². The topological polar surface area (TPSA) is 237 Å². The van der Waals surface area contributed by atoms with Gasteiger partial charge in [-0.1, -0.05) is 0 Å². The zero-order chi connectivity index (χ0) is 29.7. The van der Waals surface area contributed by atoms with E-state index in [2.05, 4.69) is 9.80 Å². The average molecular weight is 782 g/mol. The molecule has 2 aliphatic heterocycles. The molecule has 2 rings (SSSR count). The maximum absolute atomic E-state index is 11.4. The molecule has 0 aromatic carbocycles. The zero-order valence-electron chi connectivity index (χ0n) is 25.4. The normalized spacial score (nSPS) is 21.0. The second-order valence-corrected chi connectivity index (χ2v) is 10.1. The summed E-state index contributed by atoms with van der Waals surface area (Å²) in [6.45, 7) is 9.24. The van der Waals surface area contributed by atoms with Gasteiger partial charge in [0.25, 0.3) is 0 Å². The van der Waals surface area contributed by atoms with E-state index in [9.17, 15) is 29.7 Å². The third kappa shape index (κ3) is 23.6. The van der Waals surface area contributed by atoms with Crippen LogP contribution in [0.15, 0.2) is 0 Å². The van der Waals surface area contributed by atoms with Crippen molar-refractivity contribution in [2.24, 2.45) is 0 Å². The summed E-state index contributed by atoms with van der Waals surface area (Å²) in [7, 11) is 0. The van der Waals surface area contributed by atoms with Gasteiger partial charge in [0.15, 0.2) is 0 Å². The number of carboxylic acids is 3. The molecule has 0 aliphatic carbocycles. The molecule has 0 aromatic heterocycles. The smallest absolute Gasteiger partial charge is 0.549 e. The quantitative estimate of drug-likeness (QED) is 0.211. The molecular weight excluding hydrogens is 732 g/mol. The number of carbonyl (C=O) groups excluding carboxylic acids is 3. The Morgan fingerprint density at radius 3 is 0.909 bits per heavy atom. The van der Waals surface area contributed by atoms with Gasteiger partial charge >= 0.3 is 39.9 Å². The van der Waals surface area contributed by atoms with Crippen LogP contribution in [-0.4, -0.2) is 204 Å². The van der Waals surface area contributed by atoms with Gasteiger partial charge in [0.05, 0.1) is 70.8 Å². The van der Waals surface area contributed by atoms with E-state index >= 15 is 0 Å². The van der Waals surface area contributed by atoms with Gasteiger partial charge in [0.1, 0.15) is 0 Å². The number of carbonyl (C=O) groups is 3. The van der Waals surface area contributed by atoms with E-state index in [1.54, 1.807) is 14.7 Å². The molecule has 18 heteroatoms. The van der Waals surface area contributed by atoms with Crippen LogP contribution in [0.2, 0.25) is 0 Å². The first kappa shape index (κ1) is 45.4. The van der Waals surface area contributed by atoms with Gasteiger partial charge < -0.3 is 59.6 Å². The van der Waals surface area contributed by atoms with Crippen LogP contribution in [-0.2, 0) is 33.3 Å². The van der Waals surface area contributed by atoms with Crippen LogP contribution >= 0.6 is 0 Å². The Morgan fingerprint density at radius 1 is 0.409 bits per heavy atom. The number of nitrogens with zero attached hydrogens (tertiary/aromatic N) is 5. The summed E-state index contributed by atoms with van der Waals surface area (Å²) >= 11 is 0. The average Bonchev–Trinajstić information content (AvgIpc) is 2.92. The van der Waals surface area contributed by atoms with Gasteiger partial charge in [-0.05, 0) is 0 Å². The Balaban J connectivity index is 0. The molecule has 4 N–H and O–H groups in total. The van der Waals surface area contributed by atoms with E-state index in [0.29, 0.717) is 131 Å². The summed E-state index contributed by atoms with van der Waals surface area (Å²) in [5, 5.41) is 34.0. The molecule has 44 heavy (non-hydrogen) atoms. The second kappa shape index (κ2) is 28.5. The summed E-state index contributed by atoms with van der Waals surface area (Å²) in [4.78, 5) is 43.5. The largest absolute Gasteiger partial charge is 3.00 e. The van der Waals surface area contributed by atoms with Crippen LogP contribution in [0.4, 0.5) is 0 Å². The molecule has 0 saturated carbocycles. The van der Waals surface area contributed by atoms with E-state index in [1.165, 1.54) is 0 Å². The standard InChI is InChI=1S/C26H49N5O10.Gd.2H2O/c32-24(33)21-29-5-3-27(4-6-30(22-25(34)35)8-10-31(9-7-29)23-26(36)37)1-2-28-11-13-38-15-17-40-19-20-41-18-16-39-14-12-28;;;/h1-23H2,(H,32,33)(H,34,35)(H,36,37);;2*1H2/q;+3;;/p-3. The minimum atomic E-state index is -1.25. The Bertz CT molecular complexity index is 712. The number of aliphatic carboxylic acids is 3. The Labute approximate surface area is 291 Å². The fourth-order valence-corrected chi connectivity index (χ4v) is 4.59. The minimum Gasteiger partial charge on any atom is -0.549 e. The van der Waals surface area contributed by atoms with Gasteiger partial charge in [-0.2, -0.15) is 0 Å². The Morgan fingerprint density at radius 2 is 0.636 bits per heavy atom. The fraction of sp³-hybridized carbons (Fsp3) is 0.885. The second-order valence-electron chi connectivity index (χ2n) is 10.1. The molecule has 0 unspecified atom stereocenters. The van der Waals surface area contributed by atoms with E-state index in [4.69, 9.17) is 18.9 Å². The van der Waals surface area contributed by atoms with Crippen LogP contribution < -0.4 is 15.3 Å². The van der Waals surface area contributed by atoms with Crippen LogP contribution in [0.1, 0.15) is 0 Å². The molecule has 2 saturated heterocycles. The van der Waals surface area contributed by atoms with E-state index < -0.39 is 17.9 Å². The minimum absolute atomic E-state index is 0. The van der Waals surface area contributed by atoms with E-state index in [1.807, 2.05) is 0 Å². The maximum Gasteiger partial charge on any atom is 3.00 e. The summed E-state index contributed by atoms with van der Waals surface area (Å²) < 4.78 is 22.4. The van der Waals surface area contributed by atoms with Gasteiger partial charge in [0, 0.05) is 98.2 Å². The van der Waals surface area contributed by atoms with Crippen molar-refractivity contribution in [1.82, 2.24) is 24.5 Å². The molecule has 0 amide bonds. The third-order valence-corrected chi connectivity index (χ3v) is 6.94. The van der Waals surface area contributed by atoms with E-state index in [-0.39, 0.29) is 70.5 Å². The summed E-state index contributed by atoms with van der Waals surface area (Å²) in [6.07, 6.45) is 0. The molecule has 0 aromatic rings.